The maximum absolute atomic E-state index is 12.8. The second kappa shape index (κ2) is 60.3. The van der Waals surface area contributed by atoms with E-state index in [1.165, 1.54) is 32.1 Å². The summed E-state index contributed by atoms with van der Waals surface area (Å²) < 4.78 is 16.7. The highest BCUT2D eigenvalue weighted by molar-refractivity contribution is 5.71. The highest BCUT2D eigenvalue weighted by Crippen LogP contribution is 2.12. The average molecular weight is 1020 g/mol. The molecule has 0 rings (SSSR count). The van der Waals surface area contributed by atoms with Gasteiger partial charge in [0.2, 0.25) is 0 Å². The molecule has 6 heteroatoms. The van der Waals surface area contributed by atoms with E-state index in [1.807, 2.05) is 0 Å². The van der Waals surface area contributed by atoms with Gasteiger partial charge in [-0.1, -0.05) is 242 Å². The van der Waals surface area contributed by atoms with Crippen molar-refractivity contribution in [3.05, 3.63) is 170 Å². The van der Waals surface area contributed by atoms with Crippen molar-refractivity contribution in [2.75, 3.05) is 13.2 Å². The van der Waals surface area contributed by atoms with Gasteiger partial charge in [-0.05, 0) is 128 Å². The lowest BCUT2D eigenvalue weighted by Crippen LogP contribution is -2.30. The smallest absolute Gasteiger partial charge is 0.306 e. The fourth-order valence-corrected chi connectivity index (χ4v) is 7.17. The van der Waals surface area contributed by atoms with Crippen molar-refractivity contribution in [2.45, 2.75) is 226 Å². The van der Waals surface area contributed by atoms with Crippen LogP contribution >= 0.6 is 0 Å². The molecule has 0 spiro atoms. The standard InChI is InChI=1S/C68H104O6/c1-4-7-10-13-16-19-21-23-25-27-28-29-30-31-32-33-34-35-36-37-38-39-40-42-43-45-47-49-52-55-58-61-67(70)73-64-65(63-72-66(69)60-57-54-51-18-15-12-9-6-3)74-68(71)62-59-56-53-50-48-46-44-41-26-24-22-20-17-14-11-8-5-2/h7-8,10-11,16-17,19-20,23-26,28-29,31-32,34-35,37-38,40,42,44-47,50,53,65H,4-6,9,12-15,18,21-22,27,30,33,36,39,41,43,48-49,51-52,54-64H2,1-3H3/b10-7-,11-8-,19-16-,20-17-,25-23-,26-24-,29-28-,32-31-,35-34-,38-37-,42-40-,46-44-,47-45-,53-50-. The largest absolute Gasteiger partial charge is 0.462 e. The Hall–Kier alpha value is -5.23. The normalized spacial score (nSPS) is 13.4. The molecule has 412 valence electrons. The highest BCUT2D eigenvalue weighted by Gasteiger charge is 2.19. The molecule has 0 saturated carbocycles. The van der Waals surface area contributed by atoms with Gasteiger partial charge >= 0.3 is 17.9 Å². The number of esters is 3. The lowest BCUT2D eigenvalue weighted by Gasteiger charge is -2.18. The maximum Gasteiger partial charge on any atom is 0.306 e. The summed E-state index contributed by atoms with van der Waals surface area (Å²) in [4.78, 5) is 38.0. The predicted octanol–water partition coefficient (Wildman–Crippen LogP) is 19.9. The Kier molecular flexibility index (Phi) is 56.1. The van der Waals surface area contributed by atoms with Crippen molar-refractivity contribution in [3.8, 4) is 0 Å². The van der Waals surface area contributed by atoms with Crippen molar-refractivity contribution in [2.24, 2.45) is 0 Å². The third-order valence-electron chi connectivity index (χ3n) is 11.5. The topological polar surface area (TPSA) is 78.9 Å². The number of carbonyl (C=O) groups is 3. The molecule has 0 aromatic heterocycles. The van der Waals surface area contributed by atoms with Gasteiger partial charge < -0.3 is 14.2 Å². The number of unbranched alkanes of at least 4 members (excludes halogenated alkanes) is 11. The number of ether oxygens (including phenoxy) is 3. The molecule has 0 aliphatic carbocycles. The molecular formula is C68H104O6. The van der Waals surface area contributed by atoms with Gasteiger partial charge in [0.15, 0.2) is 6.10 Å². The second-order valence-corrected chi connectivity index (χ2v) is 18.4. The summed E-state index contributed by atoms with van der Waals surface area (Å²) in [7, 11) is 0. The quantitative estimate of drug-likeness (QED) is 0.0261. The van der Waals surface area contributed by atoms with E-state index in [-0.39, 0.29) is 37.5 Å². The Morgan fingerprint density at radius 3 is 0.865 bits per heavy atom. The van der Waals surface area contributed by atoms with Gasteiger partial charge in [-0.2, -0.15) is 0 Å². The number of rotatable bonds is 50. The van der Waals surface area contributed by atoms with Crippen LogP contribution in [0.25, 0.3) is 0 Å². The summed E-state index contributed by atoms with van der Waals surface area (Å²) in [6.07, 6.45) is 89.4. The average Bonchev–Trinajstić information content (AvgIpc) is 3.40. The van der Waals surface area contributed by atoms with E-state index in [0.29, 0.717) is 19.3 Å². The van der Waals surface area contributed by atoms with Crippen LogP contribution < -0.4 is 0 Å². The molecule has 0 N–H and O–H groups in total. The summed E-state index contributed by atoms with van der Waals surface area (Å²) >= 11 is 0. The van der Waals surface area contributed by atoms with Gasteiger partial charge in [-0.25, -0.2) is 0 Å². The fourth-order valence-electron chi connectivity index (χ4n) is 7.17. The Labute approximate surface area is 453 Å². The Morgan fingerprint density at radius 2 is 0.541 bits per heavy atom. The molecule has 0 aliphatic heterocycles. The molecule has 0 bridgehead atoms. The minimum Gasteiger partial charge on any atom is -0.462 e. The summed E-state index contributed by atoms with van der Waals surface area (Å²) in [5.41, 5.74) is 0. The third kappa shape index (κ3) is 57.7. The number of allylic oxidation sites excluding steroid dienone is 28. The SMILES string of the molecule is CC/C=C\C/C=C\C/C=C\C/C=C\C/C=C\C/C=C\C/C=C\C/C=C\C/C=C\CCCCCC(=O)OCC(COC(=O)CCCCCCCCCC)OC(=O)CCC/C=C\C/C=C\C/C=C\C/C=C\C/C=C\CC. The van der Waals surface area contributed by atoms with Crippen molar-refractivity contribution in [1.82, 2.24) is 0 Å². The summed E-state index contributed by atoms with van der Waals surface area (Å²) in [6.45, 7) is 6.28. The molecule has 0 radical (unpaired) electrons. The lowest BCUT2D eigenvalue weighted by atomic mass is 10.1. The van der Waals surface area contributed by atoms with Crippen LogP contribution in [-0.4, -0.2) is 37.2 Å². The zero-order valence-corrected chi connectivity index (χ0v) is 47.0. The molecule has 1 unspecified atom stereocenters. The Morgan fingerprint density at radius 1 is 0.284 bits per heavy atom. The minimum absolute atomic E-state index is 0.118. The van der Waals surface area contributed by atoms with Crippen LogP contribution in [0, 0.1) is 0 Å². The van der Waals surface area contributed by atoms with E-state index in [2.05, 4.69) is 191 Å². The minimum atomic E-state index is -0.828. The molecule has 6 nitrogen and oxygen atoms in total. The summed E-state index contributed by atoms with van der Waals surface area (Å²) in [6, 6.07) is 0. The molecule has 0 saturated heterocycles. The molecule has 0 aromatic rings. The first-order chi connectivity index (χ1) is 36.5. The van der Waals surface area contributed by atoms with Crippen LogP contribution in [-0.2, 0) is 28.6 Å². The molecular weight excluding hydrogens is 913 g/mol. The maximum atomic E-state index is 12.8. The molecule has 0 aliphatic rings. The predicted molar refractivity (Wildman–Crippen MR) is 320 cm³/mol. The second-order valence-electron chi connectivity index (χ2n) is 18.4. The fraction of sp³-hybridized carbons (Fsp3) is 0.544. The van der Waals surface area contributed by atoms with Crippen LogP contribution in [0.1, 0.15) is 220 Å². The van der Waals surface area contributed by atoms with Gasteiger partial charge in [0, 0.05) is 19.3 Å². The summed E-state index contributed by atoms with van der Waals surface area (Å²) in [5.74, 6) is -1.03. The van der Waals surface area contributed by atoms with E-state index in [9.17, 15) is 14.4 Å². The van der Waals surface area contributed by atoms with Crippen LogP contribution in [0.3, 0.4) is 0 Å². The van der Waals surface area contributed by atoms with Crippen LogP contribution in [0.15, 0.2) is 170 Å². The van der Waals surface area contributed by atoms with Gasteiger partial charge in [-0.3, -0.25) is 14.4 Å². The number of hydrogen-bond donors (Lipinski definition) is 0. The lowest BCUT2D eigenvalue weighted by molar-refractivity contribution is -0.167. The first kappa shape index (κ1) is 68.8. The van der Waals surface area contributed by atoms with Crippen molar-refractivity contribution >= 4 is 17.9 Å². The zero-order valence-electron chi connectivity index (χ0n) is 47.0. The first-order valence-electron chi connectivity index (χ1n) is 29.1. The van der Waals surface area contributed by atoms with Gasteiger partial charge in [-0.15, -0.1) is 0 Å². The Balaban J connectivity index is 4.37. The summed E-state index contributed by atoms with van der Waals surface area (Å²) in [5, 5.41) is 0. The van der Waals surface area contributed by atoms with Crippen LogP contribution in [0.4, 0.5) is 0 Å². The van der Waals surface area contributed by atoms with Crippen LogP contribution in [0.5, 0.6) is 0 Å². The van der Waals surface area contributed by atoms with Gasteiger partial charge in [0.1, 0.15) is 13.2 Å². The van der Waals surface area contributed by atoms with Crippen molar-refractivity contribution in [1.29, 1.82) is 0 Å². The van der Waals surface area contributed by atoms with Gasteiger partial charge in [0.05, 0.1) is 0 Å². The number of hydrogen-bond acceptors (Lipinski definition) is 6. The Bertz CT molecular complexity index is 1740. The molecule has 0 amide bonds. The van der Waals surface area contributed by atoms with Crippen molar-refractivity contribution in [3.63, 3.8) is 0 Å². The van der Waals surface area contributed by atoms with E-state index in [1.54, 1.807) is 0 Å². The molecule has 74 heavy (non-hydrogen) atoms. The van der Waals surface area contributed by atoms with Crippen LogP contribution in [0.2, 0.25) is 0 Å². The molecule has 1 atom stereocenters. The number of carbonyl (C=O) groups excluding carboxylic acids is 3. The van der Waals surface area contributed by atoms with E-state index in [4.69, 9.17) is 14.2 Å². The highest BCUT2D eigenvalue weighted by atomic mass is 16.6. The van der Waals surface area contributed by atoms with Crippen molar-refractivity contribution < 1.29 is 28.6 Å². The molecule has 0 heterocycles. The first-order valence-corrected chi connectivity index (χ1v) is 29.1. The monoisotopic (exact) mass is 1020 g/mol. The zero-order chi connectivity index (χ0) is 53.6. The molecule has 0 fully saturated rings. The van der Waals surface area contributed by atoms with Gasteiger partial charge in [0.25, 0.3) is 0 Å². The third-order valence-corrected chi connectivity index (χ3v) is 11.5. The molecule has 0 aromatic carbocycles. The van der Waals surface area contributed by atoms with E-state index >= 15 is 0 Å². The van der Waals surface area contributed by atoms with E-state index in [0.717, 1.165) is 141 Å². The van der Waals surface area contributed by atoms with E-state index < -0.39 is 6.10 Å².